The number of carbonyl (C=O) groups is 1. The lowest BCUT2D eigenvalue weighted by Crippen LogP contribution is -2.52. The number of sulfone groups is 1. The zero-order valence-corrected chi connectivity index (χ0v) is 15.8. The third kappa shape index (κ3) is 3.85. The molecule has 0 N–H and O–H groups in total. The number of carbonyl (C=O) groups excluding carboxylic acids is 1. The Kier molecular flexibility index (Phi) is 4.70. The van der Waals surface area contributed by atoms with Crippen LogP contribution in [-0.2, 0) is 34.1 Å². The first kappa shape index (κ1) is 18.3. The van der Waals surface area contributed by atoms with Gasteiger partial charge in [0.2, 0.25) is 15.0 Å². The van der Waals surface area contributed by atoms with Gasteiger partial charge in [-0.2, -0.15) is 0 Å². The number of rotatable bonds is 3. The Hall–Kier alpha value is -2.48. The largest absolute Gasteiger partial charge is 0.445 e. The number of hydrogen-bond donors (Lipinski definition) is 0. The van der Waals surface area contributed by atoms with Crippen LogP contribution in [0.15, 0.2) is 41.7 Å². The van der Waals surface area contributed by atoms with Gasteiger partial charge in [-0.15, -0.1) is 0 Å². The number of aromatic nitrogens is 2. The van der Waals surface area contributed by atoms with Crippen LogP contribution in [0.3, 0.4) is 0 Å². The van der Waals surface area contributed by atoms with Gasteiger partial charge in [0.1, 0.15) is 6.61 Å². The molecule has 0 radical (unpaired) electrons. The average molecular weight is 375 g/mol. The summed E-state index contributed by atoms with van der Waals surface area (Å²) in [7, 11) is -3.51. The standard InChI is InChI=1S/C18H21N3O4S/c1-18(2)9-14-10-19-16(26(3,23)24)20-15(14)11-21(18)17(22)25-12-13-7-5-4-6-8-13/h4-8,10H,9,11-12H2,1-3H3. The maximum absolute atomic E-state index is 12.6. The third-order valence-corrected chi connectivity index (χ3v) is 5.21. The Morgan fingerprint density at radius 1 is 1.27 bits per heavy atom. The summed E-state index contributed by atoms with van der Waals surface area (Å²) < 4.78 is 28.8. The van der Waals surface area contributed by atoms with Gasteiger partial charge in [0, 0.05) is 18.0 Å². The molecular formula is C18H21N3O4S. The second-order valence-electron chi connectivity index (χ2n) is 7.01. The van der Waals surface area contributed by atoms with Gasteiger partial charge in [0.05, 0.1) is 12.2 Å². The molecule has 2 aromatic rings. The van der Waals surface area contributed by atoms with Crippen LogP contribution in [0, 0.1) is 0 Å². The molecule has 1 aliphatic heterocycles. The fourth-order valence-electron chi connectivity index (χ4n) is 2.92. The van der Waals surface area contributed by atoms with Gasteiger partial charge in [0.15, 0.2) is 0 Å². The van der Waals surface area contributed by atoms with Crippen LogP contribution in [0.5, 0.6) is 0 Å². The summed E-state index contributed by atoms with van der Waals surface area (Å²) in [5.74, 6) is 0. The molecule has 0 aliphatic carbocycles. The highest BCUT2D eigenvalue weighted by Gasteiger charge is 2.38. The molecule has 1 amide bonds. The Balaban J connectivity index is 1.81. The molecule has 3 rings (SSSR count). The van der Waals surface area contributed by atoms with Crippen LogP contribution in [0.1, 0.15) is 30.7 Å². The predicted molar refractivity (Wildman–Crippen MR) is 95.1 cm³/mol. The van der Waals surface area contributed by atoms with Gasteiger partial charge in [-0.3, -0.25) is 4.90 Å². The van der Waals surface area contributed by atoms with E-state index in [0.29, 0.717) is 12.1 Å². The van der Waals surface area contributed by atoms with E-state index in [-0.39, 0.29) is 18.3 Å². The predicted octanol–water partition coefficient (Wildman–Crippen LogP) is 2.35. The van der Waals surface area contributed by atoms with Crippen LogP contribution in [-0.4, -0.2) is 41.2 Å². The van der Waals surface area contributed by atoms with E-state index < -0.39 is 21.5 Å². The first-order valence-corrected chi connectivity index (χ1v) is 10.1. The molecule has 0 spiro atoms. The van der Waals surface area contributed by atoms with Gasteiger partial charge in [-0.05, 0) is 31.4 Å². The number of amides is 1. The molecule has 138 valence electrons. The van der Waals surface area contributed by atoms with Crippen LogP contribution in [0.4, 0.5) is 4.79 Å². The highest BCUT2D eigenvalue weighted by atomic mass is 32.2. The van der Waals surface area contributed by atoms with Crippen molar-refractivity contribution >= 4 is 15.9 Å². The normalized spacial score (nSPS) is 16.0. The molecule has 1 aliphatic rings. The summed E-state index contributed by atoms with van der Waals surface area (Å²) in [5.41, 5.74) is 1.79. The van der Waals surface area contributed by atoms with E-state index in [4.69, 9.17) is 4.74 Å². The van der Waals surface area contributed by atoms with Crippen LogP contribution in [0.2, 0.25) is 0 Å². The zero-order valence-electron chi connectivity index (χ0n) is 15.0. The third-order valence-electron chi connectivity index (χ3n) is 4.35. The Morgan fingerprint density at radius 2 is 1.96 bits per heavy atom. The summed E-state index contributed by atoms with van der Waals surface area (Å²) in [6, 6.07) is 9.43. The molecule has 0 atom stereocenters. The maximum Gasteiger partial charge on any atom is 0.410 e. The summed E-state index contributed by atoms with van der Waals surface area (Å²) in [6.45, 7) is 4.23. The molecule has 2 heterocycles. The van der Waals surface area contributed by atoms with Crippen molar-refractivity contribution in [3.8, 4) is 0 Å². The minimum Gasteiger partial charge on any atom is -0.445 e. The number of nitrogens with zero attached hydrogens (tertiary/aromatic N) is 3. The van der Waals surface area contributed by atoms with Gasteiger partial charge < -0.3 is 4.74 Å². The lowest BCUT2D eigenvalue weighted by atomic mass is 9.89. The molecule has 1 aromatic carbocycles. The van der Waals surface area contributed by atoms with Crippen LogP contribution >= 0.6 is 0 Å². The quantitative estimate of drug-likeness (QED) is 0.765. The Morgan fingerprint density at radius 3 is 2.62 bits per heavy atom. The lowest BCUT2D eigenvalue weighted by Gasteiger charge is -2.41. The molecule has 8 heteroatoms. The van der Waals surface area contributed by atoms with Crippen molar-refractivity contribution in [3.05, 3.63) is 53.3 Å². The molecular weight excluding hydrogens is 354 g/mol. The second kappa shape index (κ2) is 6.68. The van der Waals surface area contributed by atoms with Crippen molar-refractivity contribution < 1.29 is 17.9 Å². The van der Waals surface area contributed by atoms with E-state index >= 15 is 0 Å². The van der Waals surface area contributed by atoms with Crippen molar-refractivity contribution in [3.63, 3.8) is 0 Å². The van der Waals surface area contributed by atoms with E-state index in [0.717, 1.165) is 17.4 Å². The summed E-state index contributed by atoms with van der Waals surface area (Å²) in [6.07, 6.45) is 2.66. The molecule has 0 saturated heterocycles. The topological polar surface area (TPSA) is 89.5 Å². The average Bonchev–Trinajstić information content (AvgIpc) is 2.58. The number of hydrogen-bond acceptors (Lipinski definition) is 6. The fraction of sp³-hybridized carbons (Fsp3) is 0.389. The second-order valence-corrected chi connectivity index (χ2v) is 8.92. The van der Waals surface area contributed by atoms with Gasteiger partial charge >= 0.3 is 6.09 Å². The van der Waals surface area contributed by atoms with Crippen LogP contribution < -0.4 is 0 Å². The minimum atomic E-state index is -3.51. The summed E-state index contributed by atoms with van der Waals surface area (Å²) in [4.78, 5) is 22.3. The van der Waals surface area contributed by atoms with Crippen LogP contribution in [0.25, 0.3) is 0 Å². The van der Waals surface area contributed by atoms with Crippen molar-refractivity contribution in [2.24, 2.45) is 0 Å². The van der Waals surface area contributed by atoms with E-state index in [2.05, 4.69) is 9.97 Å². The van der Waals surface area contributed by atoms with E-state index in [1.807, 2.05) is 44.2 Å². The number of ether oxygens (including phenoxy) is 1. The first-order valence-electron chi connectivity index (χ1n) is 8.20. The molecule has 0 unspecified atom stereocenters. The molecule has 0 fully saturated rings. The molecule has 0 saturated carbocycles. The molecule has 7 nitrogen and oxygen atoms in total. The smallest absolute Gasteiger partial charge is 0.410 e. The minimum absolute atomic E-state index is 0.178. The van der Waals surface area contributed by atoms with E-state index in [1.54, 1.807) is 4.90 Å². The monoisotopic (exact) mass is 375 g/mol. The van der Waals surface area contributed by atoms with E-state index in [1.165, 1.54) is 6.20 Å². The molecule has 26 heavy (non-hydrogen) atoms. The lowest BCUT2D eigenvalue weighted by molar-refractivity contribution is 0.0462. The Bertz CT molecular complexity index is 927. The number of benzene rings is 1. The van der Waals surface area contributed by atoms with Gasteiger partial charge in [0.25, 0.3) is 0 Å². The van der Waals surface area contributed by atoms with E-state index in [9.17, 15) is 13.2 Å². The molecule has 1 aromatic heterocycles. The molecule has 0 bridgehead atoms. The summed E-state index contributed by atoms with van der Waals surface area (Å²) in [5, 5.41) is -0.228. The first-order chi connectivity index (χ1) is 12.2. The van der Waals surface area contributed by atoms with Crippen molar-refractivity contribution in [1.82, 2.24) is 14.9 Å². The maximum atomic E-state index is 12.6. The highest BCUT2D eigenvalue weighted by molar-refractivity contribution is 7.90. The highest BCUT2D eigenvalue weighted by Crippen LogP contribution is 2.30. The van der Waals surface area contributed by atoms with Gasteiger partial charge in [-0.1, -0.05) is 30.3 Å². The fourth-order valence-corrected chi connectivity index (χ4v) is 3.44. The summed E-state index contributed by atoms with van der Waals surface area (Å²) >= 11 is 0. The zero-order chi connectivity index (χ0) is 18.9. The van der Waals surface area contributed by atoms with Crippen molar-refractivity contribution in [1.29, 1.82) is 0 Å². The Labute approximate surface area is 153 Å². The van der Waals surface area contributed by atoms with Gasteiger partial charge in [-0.25, -0.2) is 23.2 Å². The van der Waals surface area contributed by atoms with Crippen molar-refractivity contribution in [2.45, 2.75) is 44.1 Å². The van der Waals surface area contributed by atoms with Crippen molar-refractivity contribution in [2.75, 3.05) is 6.26 Å². The number of fused-ring (bicyclic) bond motifs is 1. The SMILES string of the molecule is CC1(C)Cc2cnc(S(C)(=O)=O)nc2CN1C(=O)OCc1ccccc1.